The highest BCUT2D eigenvalue weighted by atomic mass is 79.9. The molecule has 1 fully saturated rings. The van der Waals surface area contributed by atoms with Gasteiger partial charge in [0, 0.05) is 42.8 Å². The van der Waals surface area contributed by atoms with E-state index in [9.17, 15) is 13.2 Å². The number of aromatic nitrogens is 1. The molecule has 0 spiro atoms. The number of carboxylic acid groups (broad SMARTS) is 1. The van der Waals surface area contributed by atoms with Gasteiger partial charge in [-0.1, -0.05) is 39.7 Å². The summed E-state index contributed by atoms with van der Waals surface area (Å²) < 4.78 is 26.3. The summed E-state index contributed by atoms with van der Waals surface area (Å²) in [5.74, 6) is -1.06. The summed E-state index contributed by atoms with van der Waals surface area (Å²) >= 11 is 7.53. The first-order chi connectivity index (χ1) is 12.3. The number of nitrogens with zero attached hydrogens (tertiary/aromatic N) is 2. The van der Waals surface area contributed by atoms with Crippen molar-refractivity contribution in [3.63, 3.8) is 0 Å². The number of carbonyl (C=O) groups is 1. The van der Waals surface area contributed by atoms with Gasteiger partial charge in [0.1, 0.15) is 0 Å². The van der Waals surface area contributed by atoms with Crippen LogP contribution in [-0.4, -0.2) is 59.2 Å². The normalized spacial score (nSPS) is 17.0. The van der Waals surface area contributed by atoms with E-state index >= 15 is 0 Å². The van der Waals surface area contributed by atoms with Gasteiger partial charge < -0.3 is 10.4 Å². The Hall–Kier alpha value is -1.26. The molecule has 2 aromatic rings. The highest BCUT2D eigenvalue weighted by molar-refractivity contribution is 9.10. The van der Waals surface area contributed by atoms with Gasteiger partial charge >= 0.3 is 5.97 Å². The van der Waals surface area contributed by atoms with Crippen LogP contribution < -0.4 is 5.32 Å². The Balaban J connectivity index is 0.000000352. The fourth-order valence-corrected chi connectivity index (χ4v) is 4.21. The van der Waals surface area contributed by atoms with Gasteiger partial charge in [0.2, 0.25) is 10.0 Å². The monoisotopic (exact) mass is 463 g/mol. The summed E-state index contributed by atoms with van der Waals surface area (Å²) in [6, 6.07) is 7.09. The molecule has 0 amide bonds. The number of halogens is 2. The molecule has 1 aromatic heterocycles. The van der Waals surface area contributed by atoms with Gasteiger partial charge in [0.15, 0.2) is 4.29 Å². The number of sulfonamides is 1. The summed E-state index contributed by atoms with van der Waals surface area (Å²) in [6.45, 7) is 2.65. The molecule has 1 saturated heterocycles. The summed E-state index contributed by atoms with van der Waals surface area (Å²) in [4.78, 5) is 13.9. The van der Waals surface area contributed by atoms with Gasteiger partial charge in [-0.05, 0) is 25.1 Å². The number of carboxylic acids is 1. The lowest BCUT2D eigenvalue weighted by Crippen LogP contribution is -2.34. The van der Waals surface area contributed by atoms with Crippen molar-refractivity contribution in [3.05, 3.63) is 36.7 Å². The highest BCUT2D eigenvalue weighted by Gasteiger charge is 2.26. The largest absolute Gasteiger partial charge is 0.480 e. The van der Waals surface area contributed by atoms with Crippen LogP contribution in [0.15, 0.2) is 41.6 Å². The molecule has 0 saturated carbocycles. The first-order valence-electron chi connectivity index (χ1n) is 7.88. The lowest BCUT2D eigenvalue weighted by Gasteiger charge is -2.20. The zero-order valence-electron chi connectivity index (χ0n) is 13.8. The van der Waals surface area contributed by atoms with Crippen molar-refractivity contribution in [3.8, 4) is 0 Å². The van der Waals surface area contributed by atoms with E-state index in [1.165, 1.54) is 0 Å². The minimum absolute atomic E-state index is 0.374. The smallest absolute Gasteiger partial charge is 0.332 e. The molecule has 1 unspecified atom stereocenters. The Labute approximate surface area is 165 Å². The van der Waals surface area contributed by atoms with E-state index in [-0.39, 0.29) is 0 Å². The summed E-state index contributed by atoms with van der Waals surface area (Å²) in [5, 5.41) is 12.6. The molecule has 1 aliphatic heterocycles. The van der Waals surface area contributed by atoms with Gasteiger partial charge in [0.05, 0.1) is 4.90 Å². The van der Waals surface area contributed by atoms with Crippen molar-refractivity contribution < 1.29 is 18.3 Å². The second kappa shape index (κ2) is 9.61. The van der Waals surface area contributed by atoms with Crippen LogP contribution in [0.5, 0.6) is 0 Å². The number of hydrogen-bond donors (Lipinski definition) is 2. The third kappa shape index (κ3) is 5.37. The molecule has 0 bridgehead atoms. The Morgan fingerprint density at radius 3 is 2.73 bits per heavy atom. The molecule has 3 rings (SSSR count). The molecular formula is C16H19BrClN3O4S. The number of pyridine rings is 1. The van der Waals surface area contributed by atoms with Crippen LogP contribution in [0.25, 0.3) is 10.8 Å². The van der Waals surface area contributed by atoms with Gasteiger partial charge in [-0.2, -0.15) is 4.31 Å². The third-order valence-electron chi connectivity index (χ3n) is 3.74. The quantitative estimate of drug-likeness (QED) is 0.676. The lowest BCUT2D eigenvalue weighted by molar-refractivity contribution is -0.134. The Kier molecular flexibility index (Phi) is 7.78. The zero-order chi connectivity index (χ0) is 19.2. The number of alkyl halides is 2. The second-order valence-corrected chi connectivity index (χ2v) is 9.29. The Bertz CT molecular complexity index is 850. The van der Waals surface area contributed by atoms with Crippen LogP contribution in [0.2, 0.25) is 0 Å². The molecule has 26 heavy (non-hydrogen) atoms. The van der Waals surface area contributed by atoms with Crippen LogP contribution >= 0.6 is 27.5 Å². The van der Waals surface area contributed by atoms with Gasteiger partial charge in [-0.3, -0.25) is 4.98 Å². The van der Waals surface area contributed by atoms with Crippen LogP contribution in [0.1, 0.15) is 6.42 Å². The first kappa shape index (κ1) is 21.0. The van der Waals surface area contributed by atoms with E-state index in [2.05, 4.69) is 26.2 Å². The van der Waals surface area contributed by atoms with Gasteiger partial charge in [0.25, 0.3) is 0 Å². The highest BCUT2D eigenvalue weighted by Crippen LogP contribution is 2.25. The van der Waals surface area contributed by atoms with Crippen molar-refractivity contribution >= 4 is 54.3 Å². The molecule has 1 aromatic carbocycles. The van der Waals surface area contributed by atoms with Crippen molar-refractivity contribution in [2.75, 3.05) is 26.2 Å². The fraction of sp³-hybridized carbons (Fsp3) is 0.375. The number of rotatable bonds is 3. The van der Waals surface area contributed by atoms with E-state index in [0.29, 0.717) is 24.5 Å². The van der Waals surface area contributed by atoms with E-state index in [1.807, 2.05) is 6.07 Å². The summed E-state index contributed by atoms with van der Waals surface area (Å²) in [6.07, 6.45) is 4.16. The third-order valence-corrected chi connectivity index (χ3v) is 6.28. The predicted molar refractivity (Wildman–Crippen MR) is 104 cm³/mol. The fourth-order valence-electron chi connectivity index (χ4n) is 2.52. The first-order valence-corrected chi connectivity index (χ1v) is 10.7. The van der Waals surface area contributed by atoms with E-state index < -0.39 is 20.3 Å². The van der Waals surface area contributed by atoms with Crippen LogP contribution in [0.4, 0.5) is 0 Å². The maximum absolute atomic E-state index is 12.8. The maximum atomic E-state index is 12.8. The molecule has 1 atom stereocenters. The Morgan fingerprint density at radius 1 is 1.31 bits per heavy atom. The second-order valence-electron chi connectivity index (χ2n) is 5.50. The standard InChI is InChI=1S/C14H17N3O2S.C2H2BrClO2/c18-20(19,17-9-2-6-15-8-10-17)14-4-1-3-12-11-16-7-5-13(12)14;3-1(4)2(5)6/h1,3-5,7,11,15H,2,6,8-10H2;1H,(H,5,6). The van der Waals surface area contributed by atoms with Gasteiger partial charge in [-0.15, -0.1) is 0 Å². The number of benzene rings is 1. The van der Waals surface area contributed by atoms with Crippen LogP contribution in [0.3, 0.4) is 0 Å². The predicted octanol–water partition coefficient (Wildman–Crippen LogP) is 2.25. The molecule has 10 heteroatoms. The van der Waals surface area contributed by atoms with Crippen molar-refractivity contribution in [1.29, 1.82) is 0 Å². The van der Waals surface area contributed by atoms with Crippen molar-refractivity contribution in [2.45, 2.75) is 15.6 Å². The number of hydrogen-bond acceptors (Lipinski definition) is 5. The Morgan fingerprint density at radius 2 is 2.04 bits per heavy atom. The number of nitrogens with one attached hydrogen (secondary N) is 1. The molecule has 0 radical (unpaired) electrons. The zero-order valence-corrected chi connectivity index (χ0v) is 17.0. The molecule has 2 heterocycles. The summed E-state index contributed by atoms with van der Waals surface area (Å²) in [7, 11) is -3.45. The average molecular weight is 465 g/mol. The molecule has 1 aliphatic rings. The molecule has 2 N–H and O–H groups in total. The minimum atomic E-state index is -3.45. The maximum Gasteiger partial charge on any atom is 0.332 e. The number of aliphatic carboxylic acids is 1. The van der Waals surface area contributed by atoms with Crippen LogP contribution in [0, 0.1) is 0 Å². The van der Waals surface area contributed by atoms with E-state index in [1.54, 1.807) is 34.9 Å². The van der Waals surface area contributed by atoms with Crippen molar-refractivity contribution in [1.82, 2.24) is 14.6 Å². The topological polar surface area (TPSA) is 99.6 Å². The van der Waals surface area contributed by atoms with Crippen LogP contribution in [-0.2, 0) is 14.8 Å². The molecular weight excluding hydrogens is 446 g/mol. The van der Waals surface area contributed by atoms with E-state index in [0.717, 1.165) is 23.7 Å². The van der Waals surface area contributed by atoms with Crippen molar-refractivity contribution in [2.24, 2.45) is 0 Å². The molecule has 0 aliphatic carbocycles. The average Bonchev–Trinajstić information content (AvgIpc) is 2.91. The van der Waals surface area contributed by atoms with Gasteiger partial charge in [-0.25, -0.2) is 13.2 Å². The molecule has 142 valence electrons. The SMILES string of the molecule is O=C(O)C(Cl)Br.O=S(=O)(c1cccc2cnccc12)N1CCCNCC1. The molecule has 7 nitrogen and oxygen atoms in total. The number of fused-ring (bicyclic) bond motifs is 1. The minimum Gasteiger partial charge on any atom is -0.480 e. The van der Waals surface area contributed by atoms with E-state index in [4.69, 9.17) is 16.7 Å². The lowest BCUT2D eigenvalue weighted by atomic mass is 10.2. The summed E-state index contributed by atoms with van der Waals surface area (Å²) in [5.41, 5.74) is 0.